The predicted octanol–water partition coefficient (Wildman–Crippen LogP) is 0.823. The number of nitrogens with one attached hydrogen (secondary N) is 2. The fourth-order valence-corrected chi connectivity index (χ4v) is 2.05. The second kappa shape index (κ2) is 7.45. The Kier molecular flexibility index (Phi) is 5.36. The van der Waals surface area contributed by atoms with Gasteiger partial charge in [0, 0.05) is 25.2 Å². The first kappa shape index (κ1) is 16.6. The molecule has 0 atom stereocenters. The second-order valence-electron chi connectivity index (χ2n) is 4.82. The van der Waals surface area contributed by atoms with Crippen molar-refractivity contribution >= 4 is 11.6 Å². The van der Waals surface area contributed by atoms with Gasteiger partial charge >= 0.3 is 0 Å². The maximum absolute atomic E-state index is 12.1. The molecule has 122 valence electrons. The minimum atomic E-state index is -0.482. The molecule has 0 bridgehead atoms. The largest absolute Gasteiger partial charge is 0.349 e. The number of nitro groups is 1. The van der Waals surface area contributed by atoms with Crippen LogP contribution in [0, 0.1) is 17.0 Å². The molecule has 2 aromatic rings. The van der Waals surface area contributed by atoms with Gasteiger partial charge in [0.05, 0.1) is 16.3 Å². The topological polar surface area (TPSA) is 115 Å². The highest BCUT2D eigenvalue weighted by atomic mass is 16.6. The van der Waals surface area contributed by atoms with Crippen LogP contribution in [0.25, 0.3) is 5.69 Å². The highest BCUT2D eigenvalue weighted by Gasteiger charge is 2.18. The highest BCUT2D eigenvalue weighted by Crippen LogP contribution is 2.18. The minimum Gasteiger partial charge on any atom is -0.349 e. The summed E-state index contributed by atoms with van der Waals surface area (Å²) < 4.78 is 1.41. The van der Waals surface area contributed by atoms with Crippen LogP contribution in [0.2, 0.25) is 0 Å². The summed E-state index contributed by atoms with van der Waals surface area (Å²) in [5.41, 5.74) is 1.16. The van der Waals surface area contributed by atoms with Gasteiger partial charge in [-0.3, -0.25) is 14.9 Å². The molecule has 0 fully saturated rings. The number of nitrogens with zero attached hydrogens (tertiary/aromatic N) is 4. The molecule has 1 aromatic carbocycles. The van der Waals surface area contributed by atoms with Crippen molar-refractivity contribution in [1.82, 2.24) is 25.6 Å². The molecule has 0 aliphatic heterocycles. The molecule has 9 heteroatoms. The van der Waals surface area contributed by atoms with E-state index in [2.05, 4.69) is 20.9 Å². The van der Waals surface area contributed by atoms with Crippen LogP contribution in [-0.4, -0.2) is 45.5 Å². The summed E-state index contributed by atoms with van der Waals surface area (Å²) in [5, 5.41) is 24.5. The fourth-order valence-electron chi connectivity index (χ4n) is 2.05. The van der Waals surface area contributed by atoms with E-state index in [1.54, 1.807) is 19.1 Å². The number of hydrogen-bond acceptors (Lipinski definition) is 6. The van der Waals surface area contributed by atoms with Gasteiger partial charge in [-0.05, 0) is 19.5 Å². The molecule has 0 saturated heterocycles. The molecule has 0 aliphatic rings. The van der Waals surface area contributed by atoms with Crippen molar-refractivity contribution in [2.45, 2.75) is 13.8 Å². The van der Waals surface area contributed by atoms with Gasteiger partial charge in [0.1, 0.15) is 0 Å². The minimum absolute atomic E-state index is 0.0472. The second-order valence-corrected chi connectivity index (χ2v) is 4.82. The van der Waals surface area contributed by atoms with Crippen molar-refractivity contribution in [2.75, 3.05) is 19.6 Å². The van der Waals surface area contributed by atoms with Crippen LogP contribution in [0.1, 0.15) is 23.1 Å². The molecule has 0 unspecified atom stereocenters. The lowest BCUT2D eigenvalue weighted by Crippen LogP contribution is -2.32. The summed E-state index contributed by atoms with van der Waals surface area (Å²) in [6.07, 6.45) is 0. The van der Waals surface area contributed by atoms with E-state index in [1.165, 1.54) is 16.8 Å². The van der Waals surface area contributed by atoms with Gasteiger partial charge < -0.3 is 10.6 Å². The Balaban J connectivity index is 2.17. The Morgan fingerprint density at radius 2 is 2.17 bits per heavy atom. The number of hydrogen-bond donors (Lipinski definition) is 2. The van der Waals surface area contributed by atoms with Crippen LogP contribution in [0.4, 0.5) is 5.69 Å². The first-order valence-corrected chi connectivity index (χ1v) is 7.20. The van der Waals surface area contributed by atoms with Crippen LogP contribution < -0.4 is 10.6 Å². The molecule has 0 radical (unpaired) electrons. The highest BCUT2D eigenvalue weighted by molar-refractivity contribution is 5.93. The third-order valence-corrected chi connectivity index (χ3v) is 3.23. The Labute approximate surface area is 132 Å². The lowest BCUT2D eigenvalue weighted by molar-refractivity contribution is -0.384. The number of nitro benzene ring substituents is 1. The Morgan fingerprint density at radius 1 is 1.39 bits per heavy atom. The number of benzene rings is 1. The van der Waals surface area contributed by atoms with E-state index in [9.17, 15) is 14.9 Å². The fraction of sp³-hybridized carbons (Fsp3) is 0.357. The average Bonchev–Trinajstić information content (AvgIpc) is 2.93. The number of carbonyl (C=O) groups is 1. The lowest BCUT2D eigenvalue weighted by Gasteiger charge is -2.05. The van der Waals surface area contributed by atoms with Crippen LogP contribution in [0.3, 0.4) is 0 Å². The molecule has 0 spiro atoms. The molecule has 0 aliphatic carbocycles. The molecule has 1 heterocycles. The van der Waals surface area contributed by atoms with Crippen LogP contribution >= 0.6 is 0 Å². The standard InChI is InChI=1S/C14H18N6O3/c1-3-15-7-8-16-14(21)13-10(2)19(18-17-13)11-5-4-6-12(9-11)20(22)23/h4-6,9,15H,3,7-8H2,1-2H3,(H,16,21). The molecule has 2 N–H and O–H groups in total. The van der Waals surface area contributed by atoms with Gasteiger partial charge in [0.2, 0.25) is 0 Å². The SMILES string of the molecule is CCNCCNC(=O)c1nnn(-c2cccc([N+](=O)[O-])c2)c1C. The first-order valence-electron chi connectivity index (χ1n) is 7.20. The number of carbonyl (C=O) groups excluding carboxylic acids is 1. The molecule has 1 amide bonds. The lowest BCUT2D eigenvalue weighted by atomic mass is 10.2. The van der Waals surface area contributed by atoms with Crippen LogP contribution in [0.15, 0.2) is 24.3 Å². The monoisotopic (exact) mass is 318 g/mol. The average molecular weight is 318 g/mol. The summed E-state index contributed by atoms with van der Waals surface area (Å²) in [5.74, 6) is -0.322. The maximum Gasteiger partial charge on any atom is 0.273 e. The van der Waals surface area contributed by atoms with Crippen molar-refractivity contribution in [3.05, 3.63) is 45.8 Å². The normalized spacial score (nSPS) is 10.5. The maximum atomic E-state index is 12.1. The van der Waals surface area contributed by atoms with E-state index in [1.807, 2.05) is 6.92 Å². The number of amides is 1. The third kappa shape index (κ3) is 3.89. The smallest absolute Gasteiger partial charge is 0.273 e. The van der Waals surface area contributed by atoms with Gasteiger partial charge in [-0.25, -0.2) is 4.68 Å². The van der Waals surface area contributed by atoms with E-state index in [-0.39, 0.29) is 17.3 Å². The predicted molar refractivity (Wildman–Crippen MR) is 83.6 cm³/mol. The quantitative estimate of drug-likeness (QED) is 0.444. The number of likely N-dealkylation sites (N-methyl/N-ethyl adjacent to an activating group) is 1. The van der Waals surface area contributed by atoms with Crippen molar-refractivity contribution in [2.24, 2.45) is 0 Å². The molecular weight excluding hydrogens is 300 g/mol. The van der Waals surface area contributed by atoms with Crippen molar-refractivity contribution in [1.29, 1.82) is 0 Å². The van der Waals surface area contributed by atoms with E-state index >= 15 is 0 Å². The molecule has 23 heavy (non-hydrogen) atoms. The molecule has 9 nitrogen and oxygen atoms in total. The first-order chi connectivity index (χ1) is 11.0. The van der Waals surface area contributed by atoms with Crippen molar-refractivity contribution < 1.29 is 9.72 Å². The van der Waals surface area contributed by atoms with Crippen LogP contribution in [-0.2, 0) is 0 Å². The Morgan fingerprint density at radius 3 is 2.87 bits per heavy atom. The van der Waals surface area contributed by atoms with Gasteiger partial charge in [-0.2, -0.15) is 0 Å². The summed E-state index contributed by atoms with van der Waals surface area (Å²) >= 11 is 0. The van der Waals surface area contributed by atoms with Crippen molar-refractivity contribution in [3.8, 4) is 5.69 Å². The van der Waals surface area contributed by atoms with E-state index in [0.717, 1.165) is 6.54 Å². The zero-order valence-corrected chi connectivity index (χ0v) is 12.9. The van der Waals surface area contributed by atoms with Crippen molar-refractivity contribution in [3.63, 3.8) is 0 Å². The summed E-state index contributed by atoms with van der Waals surface area (Å²) in [6.45, 7) is 5.66. The van der Waals surface area contributed by atoms with Crippen LogP contribution in [0.5, 0.6) is 0 Å². The molecular formula is C14H18N6O3. The zero-order valence-electron chi connectivity index (χ0n) is 12.9. The van der Waals surface area contributed by atoms with Gasteiger partial charge in [-0.15, -0.1) is 5.10 Å². The summed E-state index contributed by atoms with van der Waals surface area (Å²) in [7, 11) is 0. The van der Waals surface area contributed by atoms with E-state index < -0.39 is 4.92 Å². The summed E-state index contributed by atoms with van der Waals surface area (Å²) in [4.78, 5) is 22.4. The van der Waals surface area contributed by atoms with Gasteiger partial charge in [-0.1, -0.05) is 18.2 Å². The van der Waals surface area contributed by atoms with Gasteiger partial charge in [0.25, 0.3) is 11.6 Å². The van der Waals surface area contributed by atoms with E-state index in [4.69, 9.17) is 0 Å². The number of rotatable bonds is 7. The molecule has 0 saturated carbocycles. The number of non-ortho nitro benzene ring substituents is 1. The Bertz CT molecular complexity index is 712. The Hall–Kier alpha value is -2.81. The summed E-state index contributed by atoms with van der Waals surface area (Å²) in [6, 6.07) is 6.00. The van der Waals surface area contributed by atoms with Gasteiger partial charge in [0.15, 0.2) is 5.69 Å². The molecule has 2 rings (SSSR count). The third-order valence-electron chi connectivity index (χ3n) is 3.23. The molecule has 1 aromatic heterocycles. The van der Waals surface area contributed by atoms with E-state index in [0.29, 0.717) is 24.5 Å². The zero-order chi connectivity index (χ0) is 16.8. The number of aromatic nitrogens is 3.